The lowest BCUT2D eigenvalue weighted by molar-refractivity contribution is -0.130. The largest absolute Gasteiger partial charge is 0.464 e. The van der Waals surface area contributed by atoms with Gasteiger partial charge in [-0.15, -0.1) is 0 Å². The zero-order valence-corrected chi connectivity index (χ0v) is 18.6. The molecule has 4 heteroatoms. The minimum absolute atomic E-state index is 0.0549. The first-order valence-corrected chi connectivity index (χ1v) is 12.1. The van der Waals surface area contributed by atoms with E-state index in [0.29, 0.717) is 6.04 Å². The van der Waals surface area contributed by atoms with Crippen molar-refractivity contribution in [1.82, 2.24) is 4.90 Å². The van der Waals surface area contributed by atoms with Crippen molar-refractivity contribution >= 4 is 16.9 Å². The van der Waals surface area contributed by atoms with E-state index in [9.17, 15) is 4.79 Å². The molecule has 0 unspecified atom stereocenters. The summed E-state index contributed by atoms with van der Waals surface area (Å²) < 4.78 is 5.64. The molecular formula is C26H38N2O2. The smallest absolute Gasteiger partial charge is 0.223 e. The molecule has 164 valence electrons. The Morgan fingerprint density at radius 1 is 1.17 bits per heavy atom. The molecule has 0 saturated heterocycles. The Labute approximate surface area is 181 Å². The summed E-state index contributed by atoms with van der Waals surface area (Å²) in [6.07, 6.45) is 15.3. The van der Waals surface area contributed by atoms with Gasteiger partial charge in [-0.2, -0.15) is 0 Å². The molecule has 2 N–H and O–H groups in total. The van der Waals surface area contributed by atoms with Gasteiger partial charge in [-0.25, -0.2) is 0 Å². The number of furan rings is 1. The van der Waals surface area contributed by atoms with Crippen LogP contribution in [0, 0.1) is 5.41 Å². The standard InChI is InChI=1S/C26H38N2O2/c1-2-14-28(15-7-6-13-26(25(27)29)11-4-3-5-12-26)23-9-8-20-17-21-10-16-30-24(21)19-22(20)18-23/h10,16-17,19,23H,2-9,11-15,18H2,1H3,(H2,27,29)/t23-/m0/s1. The van der Waals surface area contributed by atoms with E-state index in [2.05, 4.69) is 30.0 Å². The average Bonchev–Trinajstić information content (AvgIpc) is 3.21. The fourth-order valence-corrected chi connectivity index (χ4v) is 5.90. The quantitative estimate of drug-likeness (QED) is 0.547. The van der Waals surface area contributed by atoms with Gasteiger partial charge in [0.2, 0.25) is 5.91 Å². The van der Waals surface area contributed by atoms with Gasteiger partial charge in [0.05, 0.1) is 6.26 Å². The second kappa shape index (κ2) is 9.55. The van der Waals surface area contributed by atoms with Gasteiger partial charge in [-0.05, 0) is 93.8 Å². The minimum Gasteiger partial charge on any atom is -0.464 e. The topological polar surface area (TPSA) is 59.5 Å². The summed E-state index contributed by atoms with van der Waals surface area (Å²) in [4.78, 5) is 14.9. The van der Waals surface area contributed by atoms with E-state index in [1.165, 1.54) is 35.8 Å². The third-order valence-corrected chi connectivity index (χ3v) is 7.69. The van der Waals surface area contributed by atoms with Crippen molar-refractivity contribution in [3.63, 3.8) is 0 Å². The minimum atomic E-state index is -0.216. The number of carbonyl (C=O) groups is 1. The van der Waals surface area contributed by atoms with Crippen LogP contribution in [0.1, 0.15) is 82.3 Å². The van der Waals surface area contributed by atoms with Crippen molar-refractivity contribution in [2.45, 2.75) is 90.0 Å². The molecule has 4 rings (SSSR count). The number of benzene rings is 1. The van der Waals surface area contributed by atoms with E-state index in [1.54, 1.807) is 6.26 Å². The molecule has 1 fully saturated rings. The van der Waals surface area contributed by atoms with Crippen LogP contribution in [-0.2, 0) is 17.6 Å². The van der Waals surface area contributed by atoms with Crippen LogP contribution in [0.5, 0.6) is 0 Å². The summed E-state index contributed by atoms with van der Waals surface area (Å²) in [5.41, 5.74) is 9.59. The molecule has 30 heavy (non-hydrogen) atoms. The Hall–Kier alpha value is -1.81. The molecule has 1 atom stereocenters. The second-order valence-corrected chi connectivity index (χ2v) is 9.67. The van der Waals surface area contributed by atoms with Crippen molar-refractivity contribution in [2.24, 2.45) is 11.1 Å². The first-order valence-electron chi connectivity index (χ1n) is 12.1. The van der Waals surface area contributed by atoms with Crippen molar-refractivity contribution < 1.29 is 9.21 Å². The number of hydrogen-bond acceptors (Lipinski definition) is 3. The van der Waals surface area contributed by atoms with Gasteiger partial charge in [0.1, 0.15) is 5.58 Å². The maximum absolute atomic E-state index is 12.1. The number of unbranched alkanes of at least 4 members (excludes halogenated alkanes) is 1. The van der Waals surface area contributed by atoms with E-state index < -0.39 is 0 Å². The Kier molecular flexibility index (Phi) is 6.82. The van der Waals surface area contributed by atoms with Crippen LogP contribution in [0.2, 0.25) is 0 Å². The Bertz CT molecular complexity index is 850. The Morgan fingerprint density at radius 3 is 2.77 bits per heavy atom. The summed E-state index contributed by atoms with van der Waals surface area (Å²) in [5, 5.41) is 1.23. The van der Waals surface area contributed by atoms with Gasteiger partial charge >= 0.3 is 0 Å². The molecule has 1 aromatic heterocycles. The number of amides is 1. The molecule has 0 radical (unpaired) electrons. The summed E-state index contributed by atoms with van der Waals surface area (Å²) in [6.45, 7) is 4.57. The third kappa shape index (κ3) is 4.59. The number of aryl methyl sites for hydroxylation is 1. The number of primary amides is 1. The van der Waals surface area contributed by atoms with Gasteiger partial charge in [-0.3, -0.25) is 4.79 Å². The molecule has 2 aliphatic carbocycles. The summed E-state index contributed by atoms with van der Waals surface area (Å²) in [6, 6.07) is 7.27. The molecular weight excluding hydrogens is 372 g/mol. The number of nitrogens with two attached hydrogens (primary N) is 1. The van der Waals surface area contributed by atoms with E-state index in [0.717, 1.165) is 76.5 Å². The van der Waals surface area contributed by atoms with Gasteiger partial charge in [-0.1, -0.05) is 32.6 Å². The number of nitrogens with zero attached hydrogens (tertiary/aromatic N) is 1. The molecule has 0 spiro atoms. The van der Waals surface area contributed by atoms with E-state index >= 15 is 0 Å². The van der Waals surface area contributed by atoms with Crippen LogP contribution >= 0.6 is 0 Å². The van der Waals surface area contributed by atoms with Crippen LogP contribution in [0.4, 0.5) is 0 Å². The highest BCUT2D eigenvalue weighted by Gasteiger charge is 2.37. The molecule has 0 bridgehead atoms. The Balaban J connectivity index is 1.34. The van der Waals surface area contributed by atoms with Gasteiger partial charge < -0.3 is 15.1 Å². The predicted molar refractivity (Wildman–Crippen MR) is 122 cm³/mol. The molecule has 2 aliphatic rings. The lowest BCUT2D eigenvalue weighted by atomic mass is 9.70. The highest BCUT2D eigenvalue weighted by atomic mass is 16.3. The first-order chi connectivity index (χ1) is 14.6. The van der Waals surface area contributed by atoms with Crippen LogP contribution in [0.3, 0.4) is 0 Å². The number of rotatable bonds is 9. The first kappa shape index (κ1) is 21.4. The number of carbonyl (C=O) groups excluding carboxylic acids is 1. The van der Waals surface area contributed by atoms with Crippen LogP contribution in [-0.4, -0.2) is 29.9 Å². The molecule has 1 heterocycles. The summed E-state index contributed by atoms with van der Waals surface area (Å²) >= 11 is 0. The fourth-order valence-electron chi connectivity index (χ4n) is 5.90. The number of fused-ring (bicyclic) bond motifs is 2. The van der Waals surface area contributed by atoms with Gasteiger partial charge in [0.25, 0.3) is 0 Å². The molecule has 4 nitrogen and oxygen atoms in total. The van der Waals surface area contributed by atoms with E-state index in [1.807, 2.05) is 0 Å². The average molecular weight is 411 g/mol. The van der Waals surface area contributed by atoms with Crippen LogP contribution < -0.4 is 5.73 Å². The maximum atomic E-state index is 12.1. The van der Waals surface area contributed by atoms with Crippen LogP contribution in [0.25, 0.3) is 11.0 Å². The van der Waals surface area contributed by atoms with Gasteiger partial charge in [0, 0.05) is 16.8 Å². The number of hydrogen-bond donors (Lipinski definition) is 1. The predicted octanol–water partition coefficient (Wildman–Crippen LogP) is 5.61. The Morgan fingerprint density at radius 2 is 2.00 bits per heavy atom. The van der Waals surface area contributed by atoms with Crippen LogP contribution in [0.15, 0.2) is 28.9 Å². The van der Waals surface area contributed by atoms with E-state index in [-0.39, 0.29) is 11.3 Å². The third-order valence-electron chi connectivity index (χ3n) is 7.69. The highest BCUT2D eigenvalue weighted by Crippen LogP contribution is 2.40. The normalized spacial score (nSPS) is 21.1. The maximum Gasteiger partial charge on any atom is 0.223 e. The fraction of sp³-hybridized carbons (Fsp3) is 0.654. The monoisotopic (exact) mass is 410 g/mol. The van der Waals surface area contributed by atoms with Crippen molar-refractivity contribution in [3.8, 4) is 0 Å². The molecule has 0 aliphatic heterocycles. The van der Waals surface area contributed by atoms with Gasteiger partial charge in [0.15, 0.2) is 0 Å². The molecule has 1 saturated carbocycles. The summed E-state index contributed by atoms with van der Waals surface area (Å²) in [5.74, 6) is -0.0549. The zero-order chi connectivity index (χ0) is 21.0. The summed E-state index contributed by atoms with van der Waals surface area (Å²) in [7, 11) is 0. The lowest BCUT2D eigenvalue weighted by Crippen LogP contribution is -2.41. The molecule has 2 aromatic rings. The van der Waals surface area contributed by atoms with Crippen molar-refractivity contribution in [3.05, 3.63) is 35.6 Å². The van der Waals surface area contributed by atoms with Crippen molar-refractivity contribution in [1.29, 1.82) is 0 Å². The SMILES string of the molecule is CCCN(CCCCC1(C(N)=O)CCCCC1)[C@H]1CCc2cc3ccoc3cc2C1. The highest BCUT2D eigenvalue weighted by molar-refractivity contribution is 5.81. The molecule has 1 aromatic carbocycles. The zero-order valence-electron chi connectivity index (χ0n) is 18.6. The lowest BCUT2D eigenvalue weighted by Gasteiger charge is -2.36. The second-order valence-electron chi connectivity index (χ2n) is 9.67. The van der Waals surface area contributed by atoms with E-state index in [4.69, 9.17) is 10.2 Å². The molecule has 1 amide bonds. The van der Waals surface area contributed by atoms with Crippen molar-refractivity contribution in [2.75, 3.05) is 13.1 Å².